The quantitative estimate of drug-likeness (QED) is 0.742. The molecule has 0 bridgehead atoms. The zero-order chi connectivity index (χ0) is 12.1. The van der Waals surface area contributed by atoms with Gasteiger partial charge in [0.15, 0.2) is 5.82 Å². The lowest BCUT2D eigenvalue weighted by atomic mass is 10.2. The van der Waals surface area contributed by atoms with Crippen LogP contribution in [0.2, 0.25) is 0 Å². The van der Waals surface area contributed by atoms with Gasteiger partial charge in [0.2, 0.25) is 5.91 Å². The van der Waals surface area contributed by atoms with Gasteiger partial charge in [-0.3, -0.25) is 4.79 Å². The van der Waals surface area contributed by atoms with Crippen molar-refractivity contribution in [3.05, 3.63) is 5.69 Å². The number of nitrogens with zero attached hydrogens (tertiary/aromatic N) is 3. The number of likely N-dealkylation sites (N-methyl/N-ethyl adjacent to an activating group) is 1. The number of methoxy groups -OCH3 is 1. The normalized spacial score (nSPS) is 12.4. The Morgan fingerprint density at radius 1 is 1.62 bits per heavy atom. The van der Waals surface area contributed by atoms with Crippen LogP contribution in [0.3, 0.4) is 0 Å². The molecule has 1 amide bonds. The molecule has 7 heteroatoms. The van der Waals surface area contributed by atoms with E-state index in [9.17, 15) is 4.79 Å². The Hall–Kier alpha value is -1.63. The zero-order valence-electron chi connectivity index (χ0n) is 9.64. The third-order valence-corrected chi connectivity index (χ3v) is 2.26. The van der Waals surface area contributed by atoms with Gasteiger partial charge in [-0.1, -0.05) is 5.16 Å². The number of hydrogen-bond donors (Lipinski definition) is 1. The number of hydrogen-bond acceptors (Lipinski definition) is 6. The molecule has 0 fully saturated rings. The number of amides is 1. The fourth-order valence-corrected chi connectivity index (χ4v) is 1.18. The summed E-state index contributed by atoms with van der Waals surface area (Å²) >= 11 is 0. The van der Waals surface area contributed by atoms with Crippen molar-refractivity contribution in [2.45, 2.75) is 19.4 Å². The predicted octanol–water partition coefficient (Wildman–Crippen LogP) is -0.312. The molecule has 1 aromatic rings. The lowest BCUT2D eigenvalue weighted by molar-refractivity contribution is -0.130. The fourth-order valence-electron chi connectivity index (χ4n) is 1.18. The van der Waals surface area contributed by atoms with Crippen LogP contribution >= 0.6 is 0 Å². The number of anilines is 1. The van der Waals surface area contributed by atoms with Crippen molar-refractivity contribution < 1.29 is 14.2 Å². The minimum atomic E-state index is -0.105. The van der Waals surface area contributed by atoms with Gasteiger partial charge in [0.25, 0.3) is 0 Å². The molecule has 1 rings (SSSR count). The molecule has 1 heterocycles. The molecule has 0 aromatic carbocycles. The number of nitrogen functional groups attached to an aromatic ring is 1. The highest BCUT2D eigenvalue weighted by atomic mass is 16.6. The summed E-state index contributed by atoms with van der Waals surface area (Å²) in [6, 6.07) is 0. The molecule has 0 saturated carbocycles. The van der Waals surface area contributed by atoms with E-state index in [0.29, 0.717) is 12.2 Å². The topological polar surface area (TPSA) is 94.5 Å². The molecule has 0 aliphatic rings. The van der Waals surface area contributed by atoms with Crippen LogP contribution in [0.15, 0.2) is 4.63 Å². The molecule has 0 spiro atoms. The maximum Gasteiger partial charge on any atom is 0.228 e. The summed E-state index contributed by atoms with van der Waals surface area (Å²) in [7, 11) is 3.30. The Bertz CT molecular complexity index is 352. The van der Waals surface area contributed by atoms with Gasteiger partial charge in [-0.15, -0.1) is 0 Å². The molecule has 1 atom stereocenters. The third-order valence-electron chi connectivity index (χ3n) is 2.26. The number of rotatable bonds is 5. The highest BCUT2D eigenvalue weighted by Crippen LogP contribution is 2.06. The number of carbonyl (C=O) groups excluding carboxylic acids is 1. The minimum absolute atomic E-state index is 0.0123. The maximum absolute atomic E-state index is 11.7. The second kappa shape index (κ2) is 5.45. The minimum Gasteiger partial charge on any atom is -0.380 e. The lowest BCUT2D eigenvalue weighted by Gasteiger charge is -2.20. The zero-order valence-corrected chi connectivity index (χ0v) is 9.64. The van der Waals surface area contributed by atoms with Gasteiger partial charge in [-0.05, 0) is 12.1 Å². The highest BCUT2D eigenvalue weighted by Gasteiger charge is 2.16. The molecule has 0 aliphatic heterocycles. The summed E-state index contributed by atoms with van der Waals surface area (Å²) in [5.74, 6) is 0.0489. The molecule has 1 unspecified atom stereocenters. The summed E-state index contributed by atoms with van der Waals surface area (Å²) in [5, 5.41) is 6.95. The lowest BCUT2D eigenvalue weighted by Crippen LogP contribution is -2.35. The van der Waals surface area contributed by atoms with Gasteiger partial charge in [0.05, 0.1) is 12.5 Å². The van der Waals surface area contributed by atoms with Gasteiger partial charge < -0.3 is 15.4 Å². The van der Waals surface area contributed by atoms with E-state index in [0.717, 1.165) is 0 Å². The van der Waals surface area contributed by atoms with Crippen LogP contribution in [0.1, 0.15) is 12.6 Å². The van der Waals surface area contributed by atoms with Crippen LogP contribution in [-0.4, -0.2) is 47.9 Å². The van der Waals surface area contributed by atoms with E-state index < -0.39 is 0 Å². The first kappa shape index (κ1) is 12.4. The van der Waals surface area contributed by atoms with E-state index >= 15 is 0 Å². The number of nitrogens with two attached hydrogens (primary N) is 1. The summed E-state index contributed by atoms with van der Waals surface area (Å²) in [5.41, 5.74) is 5.82. The summed E-state index contributed by atoms with van der Waals surface area (Å²) in [6.45, 7) is 2.40. The van der Waals surface area contributed by atoms with Crippen LogP contribution in [0.4, 0.5) is 5.82 Å². The van der Waals surface area contributed by atoms with E-state index in [2.05, 4.69) is 14.9 Å². The summed E-state index contributed by atoms with van der Waals surface area (Å²) in [4.78, 5) is 13.3. The van der Waals surface area contributed by atoms with Crippen molar-refractivity contribution in [1.82, 2.24) is 15.2 Å². The van der Waals surface area contributed by atoms with Gasteiger partial charge in [0.1, 0.15) is 5.69 Å². The van der Waals surface area contributed by atoms with E-state index in [1.54, 1.807) is 19.1 Å². The van der Waals surface area contributed by atoms with E-state index in [1.165, 1.54) is 0 Å². The van der Waals surface area contributed by atoms with E-state index in [-0.39, 0.29) is 24.2 Å². The Kier molecular flexibility index (Phi) is 4.24. The molecule has 7 nitrogen and oxygen atoms in total. The summed E-state index contributed by atoms with van der Waals surface area (Å²) < 4.78 is 9.47. The smallest absolute Gasteiger partial charge is 0.228 e. The van der Waals surface area contributed by atoms with Gasteiger partial charge in [-0.25, -0.2) is 4.63 Å². The van der Waals surface area contributed by atoms with Crippen LogP contribution in [-0.2, 0) is 16.0 Å². The van der Waals surface area contributed by atoms with Crippen LogP contribution in [0.5, 0.6) is 0 Å². The van der Waals surface area contributed by atoms with Crippen LogP contribution in [0, 0.1) is 0 Å². The predicted molar refractivity (Wildman–Crippen MR) is 56.5 cm³/mol. The van der Waals surface area contributed by atoms with Crippen molar-refractivity contribution in [2.75, 3.05) is 26.4 Å². The first-order valence-corrected chi connectivity index (χ1v) is 4.88. The third kappa shape index (κ3) is 3.20. The Balaban J connectivity index is 2.49. The van der Waals surface area contributed by atoms with Crippen LogP contribution < -0.4 is 5.73 Å². The van der Waals surface area contributed by atoms with Gasteiger partial charge in [-0.2, -0.15) is 0 Å². The van der Waals surface area contributed by atoms with Crippen molar-refractivity contribution in [1.29, 1.82) is 0 Å². The maximum atomic E-state index is 11.7. The van der Waals surface area contributed by atoms with Gasteiger partial charge >= 0.3 is 0 Å². The van der Waals surface area contributed by atoms with Gasteiger partial charge in [0, 0.05) is 20.7 Å². The van der Waals surface area contributed by atoms with Crippen LogP contribution in [0.25, 0.3) is 0 Å². The molecular weight excluding hydrogens is 212 g/mol. The van der Waals surface area contributed by atoms with Crippen molar-refractivity contribution in [2.24, 2.45) is 0 Å². The molecular formula is C9H16N4O3. The molecule has 1 aromatic heterocycles. The monoisotopic (exact) mass is 228 g/mol. The fraction of sp³-hybridized carbons (Fsp3) is 0.667. The second-order valence-electron chi connectivity index (χ2n) is 3.59. The first-order chi connectivity index (χ1) is 7.54. The number of ether oxygens (including phenoxy) is 1. The number of carbonyl (C=O) groups is 1. The molecule has 90 valence electrons. The highest BCUT2D eigenvalue weighted by molar-refractivity contribution is 5.79. The SMILES string of the molecule is COC(C)CN(C)C(=O)Cc1nonc1N. The molecule has 16 heavy (non-hydrogen) atoms. The number of aromatic nitrogens is 2. The molecule has 0 saturated heterocycles. The molecule has 0 radical (unpaired) electrons. The van der Waals surface area contributed by atoms with Crippen molar-refractivity contribution in [3.63, 3.8) is 0 Å². The molecule has 0 aliphatic carbocycles. The Morgan fingerprint density at radius 2 is 2.31 bits per heavy atom. The second-order valence-corrected chi connectivity index (χ2v) is 3.59. The Labute approximate surface area is 93.5 Å². The van der Waals surface area contributed by atoms with E-state index in [1.807, 2.05) is 6.92 Å². The van der Waals surface area contributed by atoms with Crippen molar-refractivity contribution >= 4 is 11.7 Å². The van der Waals surface area contributed by atoms with E-state index in [4.69, 9.17) is 10.5 Å². The first-order valence-electron chi connectivity index (χ1n) is 4.88. The molecule has 2 N–H and O–H groups in total. The standard InChI is InChI=1S/C9H16N4O3/c1-6(15-3)5-13(2)8(14)4-7-9(10)12-16-11-7/h6H,4-5H2,1-3H3,(H2,10,12). The Morgan fingerprint density at radius 3 is 2.81 bits per heavy atom. The average molecular weight is 228 g/mol. The van der Waals surface area contributed by atoms with Crippen molar-refractivity contribution in [3.8, 4) is 0 Å². The largest absolute Gasteiger partial charge is 0.380 e. The average Bonchev–Trinajstić information content (AvgIpc) is 2.64. The summed E-state index contributed by atoms with van der Waals surface area (Å²) in [6.07, 6.45) is 0.0733.